The first-order valence-corrected chi connectivity index (χ1v) is 8.58. The maximum absolute atomic E-state index is 12.5. The summed E-state index contributed by atoms with van der Waals surface area (Å²) in [5.41, 5.74) is 1.07. The van der Waals surface area contributed by atoms with Crippen molar-refractivity contribution in [3.05, 3.63) is 52.4 Å². The molecule has 1 aromatic carbocycles. The molecule has 1 heterocycles. The number of nitrogens with zero attached hydrogens (tertiary/aromatic N) is 1. The Labute approximate surface area is 132 Å². The first-order valence-electron chi connectivity index (χ1n) is 6.34. The maximum atomic E-state index is 12.5. The van der Waals surface area contributed by atoms with E-state index in [1.54, 1.807) is 0 Å². The Morgan fingerprint density at radius 1 is 1.29 bits per heavy atom. The van der Waals surface area contributed by atoms with Crippen LogP contribution in [-0.4, -0.2) is 31.4 Å². The summed E-state index contributed by atoms with van der Waals surface area (Å²) in [5.74, 6) is 0.205. The van der Waals surface area contributed by atoms with Gasteiger partial charge in [0.05, 0.1) is 0 Å². The normalized spacial score (nSPS) is 12.0. The van der Waals surface area contributed by atoms with Crippen LogP contribution in [0.25, 0.3) is 0 Å². The zero-order chi connectivity index (χ0) is 15.5. The molecule has 0 spiro atoms. The van der Waals surface area contributed by atoms with E-state index in [2.05, 4.69) is 15.9 Å². The van der Waals surface area contributed by atoms with E-state index in [9.17, 15) is 8.42 Å². The third-order valence-electron chi connectivity index (χ3n) is 3.11. The predicted octanol–water partition coefficient (Wildman–Crippen LogP) is 2.40. The third-order valence-corrected chi connectivity index (χ3v) is 5.82. The van der Waals surface area contributed by atoms with Gasteiger partial charge in [0, 0.05) is 19.7 Å². The van der Waals surface area contributed by atoms with Gasteiger partial charge in [0.2, 0.25) is 10.0 Å². The van der Waals surface area contributed by atoms with Crippen molar-refractivity contribution in [1.82, 2.24) is 4.31 Å². The minimum absolute atomic E-state index is 0.0297. The van der Waals surface area contributed by atoms with Crippen LogP contribution in [0.15, 0.2) is 50.4 Å². The van der Waals surface area contributed by atoms with Gasteiger partial charge in [-0.25, -0.2) is 12.7 Å². The molecule has 0 aliphatic carbocycles. The highest BCUT2D eigenvalue weighted by Gasteiger charge is 2.26. The van der Waals surface area contributed by atoms with Gasteiger partial charge in [0.1, 0.15) is 17.3 Å². The molecule has 2 aromatic rings. The maximum Gasteiger partial charge on any atom is 0.247 e. The molecule has 0 bridgehead atoms. The summed E-state index contributed by atoms with van der Waals surface area (Å²) in [4.78, 5) is 0.0297. The Balaban J connectivity index is 2.13. The molecule has 0 radical (unpaired) electrons. The number of benzene rings is 1. The van der Waals surface area contributed by atoms with Crippen LogP contribution in [0, 0.1) is 0 Å². The van der Waals surface area contributed by atoms with E-state index in [4.69, 9.17) is 9.52 Å². The molecule has 7 heteroatoms. The monoisotopic (exact) mass is 373 g/mol. The fourth-order valence-corrected chi connectivity index (χ4v) is 4.00. The molecular formula is C14H16BrNO4S. The lowest BCUT2D eigenvalue weighted by molar-refractivity contribution is 0.245. The average Bonchev–Trinajstić information content (AvgIpc) is 2.87. The van der Waals surface area contributed by atoms with Gasteiger partial charge in [0.15, 0.2) is 4.67 Å². The number of rotatable bonds is 6. The molecular weight excluding hydrogens is 358 g/mol. The average molecular weight is 374 g/mol. The predicted molar refractivity (Wildman–Crippen MR) is 82.3 cm³/mol. The van der Waals surface area contributed by atoms with E-state index in [0.717, 1.165) is 5.56 Å². The number of furan rings is 1. The van der Waals surface area contributed by atoms with E-state index in [0.29, 0.717) is 13.0 Å². The number of sulfonamides is 1. The topological polar surface area (TPSA) is 70.8 Å². The Morgan fingerprint density at radius 3 is 2.52 bits per heavy atom. The van der Waals surface area contributed by atoms with Gasteiger partial charge in [0.25, 0.3) is 0 Å². The number of aliphatic hydroxyl groups excluding tert-OH is 1. The largest absolute Gasteiger partial charge is 0.450 e. The number of likely N-dealkylation sites (N-methyl/N-ethyl adjacent to an activating group) is 1. The van der Waals surface area contributed by atoms with E-state index in [-0.39, 0.29) is 21.9 Å². The number of halogens is 1. The van der Waals surface area contributed by atoms with Crippen LogP contribution in [0.4, 0.5) is 0 Å². The van der Waals surface area contributed by atoms with Crippen LogP contribution in [-0.2, 0) is 23.1 Å². The van der Waals surface area contributed by atoms with Gasteiger partial charge in [-0.3, -0.25) is 0 Å². The summed E-state index contributed by atoms with van der Waals surface area (Å²) in [5, 5.41) is 9.01. The summed E-state index contributed by atoms with van der Waals surface area (Å²) in [6.07, 6.45) is 0.624. The molecule has 0 fully saturated rings. The third kappa shape index (κ3) is 3.74. The van der Waals surface area contributed by atoms with Gasteiger partial charge in [-0.15, -0.1) is 0 Å². The SMILES string of the molecule is CN(CCc1ccccc1)S(=O)(=O)c1cc(CO)oc1Br. The smallest absolute Gasteiger partial charge is 0.247 e. The molecule has 0 aliphatic heterocycles. The van der Waals surface area contributed by atoms with Gasteiger partial charge >= 0.3 is 0 Å². The zero-order valence-corrected chi connectivity index (χ0v) is 13.9. The Morgan fingerprint density at radius 2 is 1.95 bits per heavy atom. The van der Waals surface area contributed by atoms with Crippen molar-refractivity contribution >= 4 is 26.0 Å². The molecule has 1 N–H and O–H groups in total. The lowest BCUT2D eigenvalue weighted by Gasteiger charge is -2.16. The highest BCUT2D eigenvalue weighted by atomic mass is 79.9. The molecule has 0 amide bonds. The van der Waals surface area contributed by atoms with Crippen molar-refractivity contribution < 1.29 is 17.9 Å². The Kier molecular flexibility index (Phi) is 5.21. The molecule has 1 aromatic heterocycles. The lowest BCUT2D eigenvalue weighted by Crippen LogP contribution is -2.29. The number of aliphatic hydroxyl groups is 1. The van der Waals surface area contributed by atoms with Crippen molar-refractivity contribution in [2.24, 2.45) is 0 Å². The highest BCUT2D eigenvalue weighted by molar-refractivity contribution is 9.10. The number of hydrogen-bond acceptors (Lipinski definition) is 4. The minimum atomic E-state index is -3.65. The Hall–Kier alpha value is -1.15. The first-order chi connectivity index (χ1) is 9.95. The van der Waals surface area contributed by atoms with Gasteiger partial charge in [-0.05, 0) is 27.9 Å². The second-order valence-electron chi connectivity index (χ2n) is 4.57. The van der Waals surface area contributed by atoms with Crippen LogP contribution in [0.3, 0.4) is 0 Å². The minimum Gasteiger partial charge on any atom is -0.450 e. The van der Waals surface area contributed by atoms with E-state index >= 15 is 0 Å². The lowest BCUT2D eigenvalue weighted by atomic mass is 10.2. The van der Waals surface area contributed by atoms with Crippen LogP contribution in [0.5, 0.6) is 0 Å². The fraction of sp³-hybridized carbons (Fsp3) is 0.286. The second kappa shape index (κ2) is 6.74. The first kappa shape index (κ1) is 16.2. The molecule has 0 unspecified atom stereocenters. The van der Waals surface area contributed by atoms with Gasteiger partial charge in [-0.2, -0.15) is 0 Å². The fourth-order valence-electron chi connectivity index (χ4n) is 1.87. The second-order valence-corrected chi connectivity index (χ2v) is 7.30. The molecule has 2 rings (SSSR count). The molecule has 114 valence electrons. The highest BCUT2D eigenvalue weighted by Crippen LogP contribution is 2.28. The molecule has 5 nitrogen and oxygen atoms in total. The summed E-state index contributed by atoms with van der Waals surface area (Å²) in [6.45, 7) is 0.0142. The zero-order valence-electron chi connectivity index (χ0n) is 11.5. The van der Waals surface area contributed by atoms with Crippen molar-refractivity contribution in [2.45, 2.75) is 17.9 Å². The number of hydrogen-bond donors (Lipinski definition) is 1. The molecule has 0 aliphatic rings. The summed E-state index contributed by atoms with van der Waals surface area (Å²) in [7, 11) is -2.12. The van der Waals surface area contributed by atoms with Crippen molar-refractivity contribution in [2.75, 3.05) is 13.6 Å². The Bertz CT molecular complexity index is 697. The van der Waals surface area contributed by atoms with Crippen molar-refractivity contribution in [3.63, 3.8) is 0 Å². The van der Waals surface area contributed by atoms with Gasteiger partial charge in [-0.1, -0.05) is 30.3 Å². The van der Waals surface area contributed by atoms with Crippen LogP contribution >= 0.6 is 15.9 Å². The molecule has 0 saturated heterocycles. The molecule has 0 atom stereocenters. The van der Waals surface area contributed by atoms with Crippen molar-refractivity contribution in [1.29, 1.82) is 0 Å². The van der Waals surface area contributed by atoms with Crippen LogP contribution in [0.2, 0.25) is 0 Å². The van der Waals surface area contributed by atoms with E-state index < -0.39 is 10.0 Å². The molecule has 0 saturated carbocycles. The standard InChI is InChI=1S/C14H16BrNO4S/c1-16(8-7-11-5-3-2-4-6-11)21(18,19)13-9-12(10-17)20-14(13)15/h2-6,9,17H,7-8,10H2,1H3. The summed E-state index contributed by atoms with van der Waals surface area (Å²) >= 11 is 3.07. The van der Waals surface area contributed by atoms with Crippen LogP contribution in [0.1, 0.15) is 11.3 Å². The van der Waals surface area contributed by atoms with Crippen LogP contribution < -0.4 is 0 Å². The molecule has 21 heavy (non-hydrogen) atoms. The summed E-state index contributed by atoms with van der Waals surface area (Å²) in [6, 6.07) is 11.0. The summed E-state index contributed by atoms with van der Waals surface area (Å²) < 4.78 is 31.4. The quantitative estimate of drug-likeness (QED) is 0.843. The van der Waals surface area contributed by atoms with Crippen molar-refractivity contribution in [3.8, 4) is 0 Å². The van der Waals surface area contributed by atoms with Gasteiger partial charge < -0.3 is 9.52 Å². The van der Waals surface area contributed by atoms with E-state index in [1.807, 2.05) is 30.3 Å². The van der Waals surface area contributed by atoms with E-state index in [1.165, 1.54) is 17.4 Å².